The maximum atomic E-state index is 5.92. The Kier molecular flexibility index (Phi) is 4.47. The quantitative estimate of drug-likeness (QED) is 0.751. The van der Waals surface area contributed by atoms with Crippen molar-refractivity contribution in [2.75, 3.05) is 5.73 Å². The summed E-state index contributed by atoms with van der Waals surface area (Å²) in [4.78, 5) is 0. The molecule has 1 atom stereocenters. The van der Waals surface area contributed by atoms with E-state index < -0.39 is 0 Å². The van der Waals surface area contributed by atoms with Crippen molar-refractivity contribution in [3.63, 3.8) is 0 Å². The molecule has 0 fully saturated rings. The monoisotopic (exact) mass is 207 g/mol. The molecule has 2 N–H and O–H groups in total. The van der Waals surface area contributed by atoms with Crippen LogP contribution in [0.3, 0.4) is 0 Å². The van der Waals surface area contributed by atoms with Crippen LogP contribution in [0.1, 0.15) is 39.2 Å². The second kappa shape index (κ2) is 5.64. The van der Waals surface area contributed by atoms with Gasteiger partial charge in [0.1, 0.15) is 5.75 Å². The van der Waals surface area contributed by atoms with E-state index in [0.717, 1.165) is 30.7 Å². The van der Waals surface area contributed by atoms with Gasteiger partial charge >= 0.3 is 0 Å². The Bertz CT molecular complexity index is 309. The second-order valence-electron chi connectivity index (χ2n) is 3.94. The Balaban J connectivity index is 2.69. The first-order valence-corrected chi connectivity index (χ1v) is 5.72. The van der Waals surface area contributed by atoms with E-state index in [0.29, 0.717) is 0 Å². The van der Waals surface area contributed by atoms with Gasteiger partial charge < -0.3 is 10.5 Å². The molecule has 1 aromatic carbocycles. The van der Waals surface area contributed by atoms with Crippen LogP contribution in [0.2, 0.25) is 0 Å². The van der Waals surface area contributed by atoms with Gasteiger partial charge in [0, 0.05) is 0 Å². The van der Waals surface area contributed by atoms with Crippen molar-refractivity contribution in [2.24, 2.45) is 0 Å². The van der Waals surface area contributed by atoms with E-state index in [1.54, 1.807) is 0 Å². The first kappa shape index (κ1) is 11.9. The molecule has 0 radical (unpaired) electrons. The molecule has 0 aliphatic rings. The van der Waals surface area contributed by atoms with E-state index in [9.17, 15) is 0 Å². The molecule has 0 aliphatic heterocycles. The summed E-state index contributed by atoms with van der Waals surface area (Å²) in [7, 11) is 0. The number of aryl methyl sites for hydroxylation is 1. The van der Waals surface area contributed by atoms with E-state index in [-0.39, 0.29) is 6.10 Å². The van der Waals surface area contributed by atoms with Gasteiger partial charge in [-0.1, -0.05) is 26.3 Å². The van der Waals surface area contributed by atoms with Crippen LogP contribution in [-0.4, -0.2) is 6.10 Å². The molecule has 0 bridgehead atoms. The normalized spacial score (nSPS) is 12.5. The average molecular weight is 207 g/mol. The third kappa shape index (κ3) is 3.46. The van der Waals surface area contributed by atoms with Gasteiger partial charge in [0.2, 0.25) is 0 Å². The summed E-state index contributed by atoms with van der Waals surface area (Å²) in [5.74, 6) is 0.813. The highest BCUT2D eigenvalue weighted by molar-refractivity contribution is 5.54. The molecule has 1 unspecified atom stereocenters. The number of anilines is 1. The Morgan fingerprint density at radius 2 is 2.07 bits per heavy atom. The van der Waals surface area contributed by atoms with Gasteiger partial charge in [-0.25, -0.2) is 0 Å². The maximum absolute atomic E-state index is 5.92. The van der Waals surface area contributed by atoms with Crippen LogP contribution in [0.5, 0.6) is 5.75 Å². The standard InChI is InChI=1S/C13H21NO/c1-4-6-10(3)15-13-8-7-11(5-2)9-12(13)14/h7-10H,4-6,14H2,1-3H3. The molecule has 0 aromatic heterocycles. The van der Waals surface area contributed by atoms with E-state index in [4.69, 9.17) is 10.5 Å². The lowest BCUT2D eigenvalue weighted by Crippen LogP contribution is -2.12. The number of hydrogen-bond donors (Lipinski definition) is 1. The molecular formula is C13H21NO. The van der Waals surface area contributed by atoms with Crippen molar-refractivity contribution in [3.05, 3.63) is 23.8 Å². The predicted octanol–water partition coefficient (Wildman–Crippen LogP) is 3.40. The number of hydrogen-bond acceptors (Lipinski definition) is 2. The zero-order valence-corrected chi connectivity index (χ0v) is 9.92. The second-order valence-corrected chi connectivity index (χ2v) is 3.94. The minimum absolute atomic E-state index is 0.241. The molecule has 0 amide bonds. The van der Waals surface area contributed by atoms with Crippen LogP contribution in [0.15, 0.2) is 18.2 Å². The number of nitrogens with two attached hydrogens (primary N) is 1. The van der Waals surface area contributed by atoms with Crippen molar-refractivity contribution in [1.82, 2.24) is 0 Å². The van der Waals surface area contributed by atoms with E-state index in [1.165, 1.54) is 5.56 Å². The summed E-state index contributed by atoms with van der Waals surface area (Å²) in [5.41, 5.74) is 7.92. The summed E-state index contributed by atoms with van der Waals surface area (Å²) in [5, 5.41) is 0. The van der Waals surface area contributed by atoms with E-state index >= 15 is 0 Å². The molecule has 2 heteroatoms. The molecule has 15 heavy (non-hydrogen) atoms. The molecule has 1 rings (SSSR count). The lowest BCUT2D eigenvalue weighted by Gasteiger charge is -2.15. The fourth-order valence-corrected chi connectivity index (χ4v) is 1.61. The minimum atomic E-state index is 0.241. The molecule has 0 aliphatic carbocycles. The smallest absolute Gasteiger partial charge is 0.142 e. The van der Waals surface area contributed by atoms with Crippen LogP contribution < -0.4 is 10.5 Å². The van der Waals surface area contributed by atoms with E-state index in [2.05, 4.69) is 26.8 Å². The molecular weight excluding hydrogens is 186 g/mol. The summed E-state index contributed by atoms with van der Waals surface area (Å²) in [6.07, 6.45) is 3.45. The first-order chi connectivity index (χ1) is 7.17. The number of ether oxygens (including phenoxy) is 1. The Hall–Kier alpha value is -1.18. The van der Waals surface area contributed by atoms with Gasteiger partial charge in [-0.3, -0.25) is 0 Å². The van der Waals surface area contributed by atoms with Crippen LogP contribution in [-0.2, 0) is 6.42 Å². The van der Waals surface area contributed by atoms with Gasteiger partial charge in [0.15, 0.2) is 0 Å². The van der Waals surface area contributed by atoms with Crippen LogP contribution in [0, 0.1) is 0 Å². The third-order valence-corrected chi connectivity index (χ3v) is 2.51. The van der Waals surface area contributed by atoms with Gasteiger partial charge in [-0.2, -0.15) is 0 Å². The third-order valence-electron chi connectivity index (χ3n) is 2.51. The fourth-order valence-electron chi connectivity index (χ4n) is 1.61. The molecule has 0 saturated carbocycles. The highest BCUT2D eigenvalue weighted by Crippen LogP contribution is 2.24. The summed E-state index contributed by atoms with van der Waals surface area (Å²) in [6.45, 7) is 6.36. The molecule has 1 aromatic rings. The number of rotatable bonds is 5. The van der Waals surface area contributed by atoms with Crippen LogP contribution in [0.4, 0.5) is 5.69 Å². The summed E-state index contributed by atoms with van der Waals surface area (Å²) < 4.78 is 5.76. The predicted molar refractivity (Wildman–Crippen MR) is 65.2 cm³/mol. The van der Waals surface area contributed by atoms with Crippen LogP contribution >= 0.6 is 0 Å². The largest absolute Gasteiger partial charge is 0.489 e. The van der Waals surface area contributed by atoms with Gasteiger partial charge in [-0.15, -0.1) is 0 Å². The van der Waals surface area contributed by atoms with Crippen molar-refractivity contribution in [1.29, 1.82) is 0 Å². The lowest BCUT2D eigenvalue weighted by molar-refractivity contribution is 0.211. The van der Waals surface area contributed by atoms with Crippen LogP contribution in [0.25, 0.3) is 0 Å². The molecule has 84 valence electrons. The Morgan fingerprint density at radius 1 is 1.33 bits per heavy atom. The van der Waals surface area contributed by atoms with Crippen molar-refractivity contribution >= 4 is 5.69 Å². The minimum Gasteiger partial charge on any atom is -0.489 e. The first-order valence-electron chi connectivity index (χ1n) is 5.72. The lowest BCUT2D eigenvalue weighted by atomic mass is 10.1. The zero-order chi connectivity index (χ0) is 11.3. The number of benzene rings is 1. The van der Waals surface area contributed by atoms with Gasteiger partial charge in [0.05, 0.1) is 11.8 Å². The molecule has 0 saturated heterocycles. The average Bonchev–Trinajstić information content (AvgIpc) is 2.21. The molecule has 0 spiro atoms. The van der Waals surface area contributed by atoms with Crippen molar-refractivity contribution in [2.45, 2.75) is 46.1 Å². The molecule has 0 heterocycles. The van der Waals surface area contributed by atoms with Gasteiger partial charge in [-0.05, 0) is 37.5 Å². The maximum Gasteiger partial charge on any atom is 0.142 e. The fraction of sp³-hybridized carbons (Fsp3) is 0.538. The van der Waals surface area contributed by atoms with Crippen molar-refractivity contribution < 1.29 is 4.74 Å². The SMILES string of the molecule is CCCC(C)Oc1ccc(CC)cc1N. The highest BCUT2D eigenvalue weighted by atomic mass is 16.5. The summed E-state index contributed by atoms with van der Waals surface area (Å²) in [6, 6.07) is 6.04. The Labute approximate surface area is 92.4 Å². The Morgan fingerprint density at radius 3 is 2.60 bits per heavy atom. The van der Waals surface area contributed by atoms with E-state index in [1.807, 2.05) is 12.1 Å². The molecule has 2 nitrogen and oxygen atoms in total. The number of nitrogen functional groups attached to an aromatic ring is 1. The highest BCUT2D eigenvalue weighted by Gasteiger charge is 2.06. The topological polar surface area (TPSA) is 35.2 Å². The zero-order valence-electron chi connectivity index (χ0n) is 9.92. The summed E-state index contributed by atoms with van der Waals surface area (Å²) >= 11 is 0. The van der Waals surface area contributed by atoms with Gasteiger partial charge in [0.25, 0.3) is 0 Å². The van der Waals surface area contributed by atoms with Crippen molar-refractivity contribution in [3.8, 4) is 5.75 Å².